The molecule has 0 spiro atoms. The lowest BCUT2D eigenvalue weighted by Crippen LogP contribution is -2.42. The van der Waals surface area contributed by atoms with Crippen molar-refractivity contribution in [3.63, 3.8) is 0 Å². The third kappa shape index (κ3) is 6.65. The largest absolute Gasteiger partial charge is 0.444 e. The zero-order chi connectivity index (χ0) is 21.4. The smallest absolute Gasteiger partial charge is 0.410 e. The molecule has 8 nitrogen and oxygen atoms in total. The number of hydrazone groups is 1. The number of hydrogen-bond donors (Lipinski definition) is 2. The van der Waals surface area contributed by atoms with Crippen LogP contribution in [0.15, 0.2) is 23.3 Å². The number of nitrogens with zero attached hydrogens (tertiary/aromatic N) is 4. The highest BCUT2D eigenvalue weighted by molar-refractivity contribution is 6.10. The van der Waals surface area contributed by atoms with Crippen LogP contribution in [0.4, 0.5) is 20.6 Å². The van der Waals surface area contributed by atoms with Gasteiger partial charge >= 0.3 is 6.09 Å². The number of nitriles is 2. The van der Waals surface area contributed by atoms with Gasteiger partial charge in [-0.2, -0.15) is 15.6 Å². The van der Waals surface area contributed by atoms with Gasteiger partial charge < -0.3 is 15.0 Å². The van der Waals surface area contributed by atoms with Gasteiger partial charge in [-0.15, -0.1) is 0 Å². The Morgan fingerprint density at radius 1 is 1.31 bits per heavy atom. The molecule has 0 aliphatic carbocycles. The molecule has 0 unspecified atom stereocenters. The highest BCUT2D eigenvalue weighted by Gasteiger charge is 2.26. The molecule has 1 aromatic carbocycles. The van der Waals surface area contributed by atoms with Gasteiger partial charge in [-0.1, -0.05) is 6.07 Å². The Morgan fingerprint density at radius 2 is 1.97 bits per heavy atom. The molecule has 0 aromatic heterocycles. The van der Waals surface area contributed by atoms with Crippen LogP contribution in [0, 0.1) is 34.4 Å². The van der Waals surface area contributed by atoms with Crippen molar-refractivity contribution < 1.29 is 13.9 Å². The third-order valence-corrected chi connectivity index (χ3v) is 4.35. The molecule has 0 bridgehead atoms. The lowest BCUT2D eigenvalue weighted by atomic mass is 9.97. The Labute approximate surface area is 169 Å². The second-order valence-corrected chi connectivity index (χ2v) is 7.75. The van der Waals surface area contributed by atoms with Crippen LogP contribution in [-0.2, 0) is 4.74 Å². The first-order chi connectivity index (χ1) is 13.7. The number of rotatable bonds is 5. The van der Waals surface area contributed by atoms with Crippen LogP contribution in [0.1, 0.15) is 33.6 Å². The van der Waals surface area contributed by atoms with Crippen LogP contribution in [0.5, 0.6) is 0 Å². The van der Waals surface area contributed by atoms with Gasteiger partial charge in [0.1, 0.15) is 29.2 Å². The van der Waals surface area contributed by atoms with Crippen LogP contribution >= 0.6 is 0 Å². The lowest BCUT2D eigenvalue weighted by molar-refractivity contribution is 0.0188. The van der Waals surface area contributed by atoms with Gasteiger partial charge in [0.15, 0.2) is 0 Å². The summed E-state index contributed by atoms with van der Waals surface area (Å²) in [6.07, 6.45) is 1.30. The molecule has 0 saturated carbocycles. The Bertz CT molecular complexity index is 826. The number of anilines is 2. The Balaban J connectivity index is 1.92. The van der Waals surface area contributed by atoms with E-state index in [1.807, 2.05) is 20.8 Å². The summed E-state index contributed by atoms with van der Waals surface area (Å²) in [5, 5.41) is 24.3. The number of hydrogen-bond acceptors (Lipinski definition) is 7. The van der Waals surface area contributed by atoms with E-state index in [9.17, 15) is 9.18 Å². The average Bonchev–Trinajstić information content (AvgIpc) is 2.67. The summed E-state index contributed by atoms with van der Waals surface area (Å²) in [7, 11) is 0. The van der Waals surface area contributed by atoms with E-state index in [2.05, 4.69) is 15.8 Å². The summed E-state index contributed by atoms with van der Waals surface area (Å²) < 4.78 is 19.6. The molecule has 2 rings (SSSR count). The number of benzene rings is 1. The van der Waals surface area contributed by atoms with E-state index in [1.54, 1.807) is 29.2 Å². The molecule has 1 aromatic rings. The van der Waals surface area contributed by atoms with Gasteiger partial charge in [0.25, 0.3) is 0 Å². The van der Waals surface area contributed by atoms with E-state index in [1.165, 1.54) is 6.07 Å². The van der Waals surface area contributed by atoms with Crippen LogP contribution in [0.25, 0.3) is 0 Å². The van der Waals surface area contributed by atoms with Gasteiger partial charge in [0.2, 0.25) is 5.71 Å². The fourth-order valence-electron chi connectivity index (χ4n) is 2.87. The summed E-state index contributed by atoms with van der Waals surface area (Å²) in [5.41, 5.74) is 2.09. The van der Waals surface area contributed by atoms with Gasteiger partial charge in [-0.05, 0) is 51.7 Å². The maximum atomic E-state index is 14.2. The molecule has 0 radical (unpaired) electrons. The van der Waals surface area contributed by atoms with Gasteiger partial charge in [-0.3, -0.25) is 5.43 Å². The maximum absolute atomic E-state index is 14.2. The number of carbonyl (C=O) groups is 1. The second-order valence-electron chi connectivity index (χ2n) is 7.75. The standard InChI is InChI=1S/C20H25FN6O2/c1-20(2,3)29-19(28)27-9-7-14(8-10-27)13-24-17-6-4-5-16(21)18(17)26-25-15(11-22)12-23/h4-6,14,24,26H,7-10,13H2,1-3H3. The summed E-state index contributed by atoms with van der Waals surface area (Å²) in [6.45, 7) is 7.32. The highest BCUT2D eigenvalue weighted by Crippen LogP contribution is 2.27. The molecule has 1 amide bonds. The predicted molar refractivity (Wildman–Crippen MR) is 108 cm³/mol. The molecule has 1 aliphatic rings. The van der Waals surface area contributed by atoms with Crippen LogP contribution in [0.3, 0.4) is 0 Å². The zero-order valence-corrected chi connectivity index (χ0v) is 16.8. The fourth-order valence-corrected chi connectivity index (χ4v) is 2.87. The number of nitrogens with one attached hydrogen (secondary N) is 2. The number of halogens is 1. The number of para-hydroxylation sites is 1. The van der Waals surface area contributed by atoms with Crippen molar-refractivity contribution in [3.05, 3.63) is 24.0 Å². The van der Waals surface area contributed by atoms with Crippen LogP contribution in [-0.4, -0.2) is 41.9 Å². The van der Waals surface area contributed by atoms with Crippen molar-refractivity contribution in [3.8, 4) is 12.1 Å². The summed E-state index contributed by atoms with van der Waals surface area (Å²) >= 11 is 0. The molecule has 1 aliphatic heterocycles. The predicted octanol–water partition coefficient (Wildman–Crippen LogP) is 3.70. The average molecular weight is 400 g/mol. The van der Waals surface area contributed by atoms with E-state index in [0.717, 1.165) is 12.8 Å². The van der Waals surface area contributed by atoms with E-state index in [-0.39, 0.29) is 11.8 Å². The topological polar surface area (TPSA) is 114 Å². The fraction of sp³-hybridized carbons (Fsp3) is 0.500. The third-order valence-electron chi connectivity index (χ3n) is 4.35. The molecule has 154 valence electrons. The molecule has 29 heavy (non-hydrogen) atoms. The van der Waals surface area contributed by atoms with Crippen molar-refractivity contribution in [2.24, 2.45) is 11.0 Å². The summed E-state index contributed by atoms with van der Waals surface area (Å²) in [4.78, 5) is 13.8. The van der Waals surface area contributed by atoms with E-state index in [0.29, 0.717) is 31.2 Å². The summed E-state index contributed by atoms with van der Waals surface area (Å²) in [6, 6.07) is 7.74. The minimum absolute atomic E-state index is 0.0710. The SMILES string of the molecule is CC(C)(C)OC(=O)N1CCC(CNc2cccc(F)c2NN=C(C#N)C#N)CC1. The minimum atomic E-state index is -0.547. The van der Waals surface area contributed by atoms with Gasteiger partial charge in [0.05, 0.1) is 5.69 Å². The highest BCUT2D eigenvalue weighted by atomic mass is 19.1. The first-order valence-corrected chi connectivity index (χ1v) is 9.37. The number of likely N-dealkylation sites (tertiary alicyclic amines) is 1. The van der Waals surface area contributed by atoms with Gasteiger partial charge in [-0.25, -0.2) is 9.18 Å². The first kappa shape index (κ1) is 22.0. The Morgan fingerprint density at radius 3 is 2.55 bits per heavy atom. The maximum Gasteiger partial charge on any atom is 0.410 e. The van der Waals surface area contributed by atoms with Crippen molar-refractivity contribution in [2.45, 2.75) is 39.2 Å². The number of ether oxygens (including phenoxy) is 1. The molecular weight excluding hydrogens is 375 g/mol. The van der Waals surface area contributed by atoms with Crippen molar-refractivity contribution in [1.29, 1.82) is 10.5 Å². The molecule has 2 N–H and O–H groups in total. The molecule has 0 atom stereocenters. The monoisotopic (exact) mass is 400 g/mol. The molecule has 1 fully saturated rings. The molecular formula is C20H25FN6O2. The lowest BCUT2D eigenvalue weighted by Gasteiger charge is -2.33. The normalized spacial score (nSPS) is 14.3. The molecule has 1 saturated heterocycles. The van der Waals surface area contributed by atoms with E-state index < -0.39 is 17.1 Å². The van der Waals surface area contributed by atoms with Crippen molar-refractivity contribution >= 4 is 23.2 Å². The van der Waals surface area contributed by atoms with Crippen molar-refractivity contribution in [1.82, 2.24) is 4.90 Å². The zero-order valence-electron chi connectivity index (χ0n) is 16.8. The number of piperidine rings is 1. The summed E-state index contributed by atoms with van der Waals surface area (Å²) in [5.74, 6) is -0.240. The van der Waals surface area contributed by atoms with Crippen LogP contribution < -0.4 is 10.7 Å². The van der Waals surface area contributed by atoms with Gasteiger partial charge in [0, 0.05) is 19.6 Å². The number of carbonyl (C=O) groups excluding carboxylic acids is 1. The van der Waals surface area contributed by atoms with E-state index >= 15 is 0 Å². The molecule has 1 heterocycles. The van der Waals surface area contributed by atoms with Crippen LogP contribution in [0.2, 0.25) is 0 Å². The molecule has 9 heteroatoms. The first-order valence-electron chi connectivity index (χ1n) is 9.37. The minimum Gasteiger partial charge on any atom is -0.444 e. The van der Waals surface area contributed by atoms with Crippen molar-refractivity contribution in [2.75, 3.05) is 30.4 Å². The number of amides is 1. The Hall–Kier alpha value is -3.33. The Kier molecular flexibility index (Phi) is 7.38. The quantitative estimate of drug-likeness (QED) is 0.575. The second kappa shape index (κ2) is 9.74. The van der Waals surface area contributed by atoms with E-state index in [4.69, 9.17) is 15.3 Å².